The Balaban J connectivity index is 1.56. The Kier molecular flexibility index (Phi) is 7.81. The van der Waals surface area contributed by atoms with E-state index in [1.54, 1.807) is 24.3 Å². The summed E-state index contributed by atoms with van der Waals surface area (Å²) in [5.74, 6) is -1.14. The molecular formula is C27H25BrN4O3S. The van der Waals surface area contributed by atoms with E-state index in [2.05, 4.69) is 26.7 Å². The highest BCUT2D eigenvalue weighted by molar-refractivity contribution is 9.10. The van der Waals surface area contributed by atoms with E-state index in [0.29, 0.717) is 11.3 Å². The van der Waals surface area contributed by atoms with Gasteiger partial charge >= 0.3 is 0 Å². The highest BCUT2D eigenvalue weighted by atomic mass is 79.9. The molecule has 36 heavy (non-hydrogen) atoms. The molecule has 1 fully saturated rings. The summed E-state index contributed by atoms with van der Waals surface area (Å²) in [6.07, 6.45) is -0.182. The molecule has 184 valence electrons. The van der Waals surface area contributed by atoms with Gasteiger partial charge in [-0.25, -0.2) is 5.01 Å². The number of benzene rings is 3. The van der Waals surface area contributed by atoms with E-state index in [-0.39, 0.29) is 29.9 Å². The second-order valence-electron chi connectivity index (χ2n) is 8.60. The average Bonchev–Trinajstić information content (AvgIpc) is 3.06. The maximum atomic E-state index is 13.5. The standard InChI is InChI=1S/C27H25BrN4O3S/c1-17-8-13-22(18(2)14-17)29-24(33)15-23-26(35)31(16-19-6-4-3-5-7-19)27(36)32(23)30-25(34)20-9-11-21(28)12-10-20/h3-14,23H,15-16H2,1-2H3,(H,29,33)(H,30,34)/t23-/m0/s1. The van der Waals surface area contributed by atoms with Crippen LogP contribution in [0, 0.1) is 13.8 Å². The Morgan fingerprint density at radius 2 is 1.69 bits per heavy atom. The molecule has 1 aliphatic heterocycles. The van der Waals surface area contributed by atoms with Gasteiger partial charge in [0.05, 0.1) is 13.0 Å². The summed E-state index contributed by atoms with van der Waals surface area (Å²) in [7, 11) is 0. The number of thiocarbonyl (C=S) groups is 1. The predicted octanol–water partition coefficient (Wildman–Crippen LogP) is 4.74. The van der Waals surface area contributed by atoms with Gasteiger partial charge in [0.2, 0.25) is 5.91 Å². The molecule has 7 nitrogen and oxygen atoms in total. The van der Waals surface area contributed by atoms with Gasteiger partial charge in [-0.2, -0.15) is 0 Å². The number of hydrazine groups is 1. The first-order chi connectivity index (χ1) is 17.2. The molecule has 3 aromatic rings. The largest absolute Gasteiger partial charge is 0.326 e. The maximum Gasteiger partial charge on any atom is 0.269 e. The number of hydrogen-bond acceptors (Lipinski definition) is 4. The maximum absolute atomic E-state index is 13.5. The van der Waals surface area contributed by atoms with Gasteiger partial charge in [-0.3, -0.25) is 24.7 Å². The van der Waals surface area contributed by atoms with Crippen molar-refractivity contribution < 1.29 is 14.4 Å². The van der Waals surface area contributed by atoms with Crippen LogP contribution in [0.1, 0.15) is 33.5 Å². The van der Waals surface area contributed by atoms with Crippen molar-refractivity contribution in [2.24, 2.45) is 0 Å². The monoisotopic (exact) mass is 564 g/mol. The topological polar surface area (TPSA) is 81.8 Å². The van der Waals surface area contributed by atoms with Crippen molar-refractivity contribution in [1.82, 2.24) is 15.3 Å². The van der Waals surface area contributed by atoms with Crippen LogP contribution in [0.3, 0.4) is 0 Å². The summed E-state index contributed by atoms with van der Waals surface area (Å²) >= 11 is 8.95. The van der Waals surface area contributed by atoms with Crippen LogP contribution in [-0.4, -0.2) is 38.8 Å². The average molecular weight is 565 g/mol. The van der Waals surface area contributed by atoms with Crippen molar-refractivity contribution in [3.05, 3.63) is 99.5 Å². The molecule has 4 rings (SSSR count). The lowest BCUT2D eigenvalue weighted by molar-refractivity contribution is -0.131. The van der Waals surface area contributed by atoms with Crippen LogP contribution in [0.15, 0.2) is 77.3 Å². The van der Waals surface area contributed by atoms with E-state index in [0.717, 1.165) is 21.2 Å². The van der Waals surface area contributed by atoms with Crippen molar-refractivity contribution >= 4 is 56.7 Å². The second-order valence-corrected chi connectivity index (χ2v) is 9.88. The van der Waals surface area contributed by atoms with Crippen molar-refractivity contribution in [3.8, 4) is 0 Å². The molecule has 1 aliphatic rings. The Labute approximate surface area is 223 Å². The van der Waals surface area contributed by atoms with Crippen molar-refractivity contribution in [2.75, 3.05) is 5.32 Å². The third-order valence-corrected chi connectivity index (χ3v) is 6.79. The number of carbonyl (C=O) groups excluding carboxylic acids is 3. The molecule has 0 bridgehead atoms. The van der Waals surface area contributed by atoms with Crippen LogP contribution in [0.5, 0.6) is 0 Å². The SMILES string of the molecule is Cc1ccc(NC(=O)C[C@H]2C(=O)N(Cc3ccccc3)C(=S)N2NC(=O)c2ccc(Br)cc2)c(C)c1. The molecule has 0 saturated carbocycles. The Morgan fingerprint density at radius 1 is 1.00 bits per heavy atom. The number of carbonyl (C=O) groups is 3. The van der Waals surface area contributed by atoms with Crippen molar-refractivity contribution in [3.63, 3.8) is 0 Å². The van der Waals surface area contributed by atoms with Gasteiger partial charge < -0.3 is 5.32 Å². The molecule has 3 amide bonds. The van der Waals surface area contributed by atoms with E-state index in [4.69, 9.17) is 12.2 Å². The van der Waals surface area contributed by atoms with E-state index in [9.17, 15) is 14.4 Å². The molecular weight excluding hydrogens is 540 g/mol. The fourth-order valence-corrected chi connectivity index (χ4v) is 4.56. The summed E-state index contributed by atoms with van der Waals surface area (Å²) in [4.78, 5) is 40.8. The molecule has 1 heterocycles. The van der Waals surface area contributed by atoms with Gasteiger partial charge in [-0.15, -0.1) is 0 Å². The van der Waals surface area contributed by atoms with Crippen LogP contribution >= 0.6 is 28.1 Å². The van der Waals surface area contributed by atoms with Crippen LogP contribution in [-0.2, 0) is 16.1 Å². The predicted molar refractivity (Wildman–Crippen MR) is 146 cm³/mol. The van der Waals surface area contributed by atoms with E-state index in [1.165, 1.54) is 9.91 Å². The summed E-state index contributed by atoms with van der Waals surface area (Å²) in [6.45, 7) is 4.12. The Bertz CT molecular complexity index is 1310. The lowest BCUT2D eigenvalue weighted by atomic mass is 10.1. The number of nitrogens with one attached hydrogen (secondary N) is 2. The third-order valence-electron chi connectivity index (χ3n) is 5.85. The number of amides is 3. The molecule has 0 aromatic heterocycles. The van der Waals surface area contributed by atoms with Crippen LogP contribution in [0.25, 0.3) is 0 Å². The zero-order chi connectivity index (χ0) is 25.8. The summed E-state index contributed by atoms with van der Waals surface area (Å²) in [5, 5.41) is 4.34. The molecule has 3 aromatic carbocycles. The third kappa shape index (κ3) is 5.80. The van der Waals surface area contributed by atoms with E-state index in [1.807, 2.05) is 62.4 Å². The van der Waals surface area contributed by atoms with Crippen molar-refractivity contribution in [1.29, 1.82) is 0 Å². The summed E-state index contributed by atoms with van der Waals surface area (Å²) < 4.78 is 0.834. The van der Waals surface area contributed by atoms with Gasteiger partial charge in [0.15, 0.2) is 5.11 Å². The minimum Gasteiger partial charge on any atom is -0.326 e. The molecule has 1 atom stereocenters. The lowest BCUT2D eigenvalue weighted by Crippen LogP contribution is -2.49. The second kappa shape index (κ2) is 11.0. The number of anilines is 1. The molecule has 0 spiro atoms. The number of aryl methyl sites for hydroxylation is 2. The molecule has 0 unspecified atom stereocenters. The lowest BCUT2D eigenvalue weighted by Gasteiger charge is -2.24. The first-order valence-corrected chi connectivity index (χ1v) is 12.5. The highest BCUT2D eigenvalue weighted by Crippen LogP contribution is 2.23. The molecule has 1 saturated heterocycles. The first kappa shape index (κ1) is 25.5. The zero-order valence-corrected chi connectivity index (χ0v) is 22.2. The summed E-state index contributed by atoms with van der Waals surface area (Å²) in [5.41, 5.74) is 6.70. The highest BCUT2D eigenvalue weighted by Gasteiger charge is 2.44. The van der Waals surface area contributed by atoms with Gasteiger partial charge in [0.1, 0.15) is 6.04 Å². The number of halogens is 1. The van der Waals surface area contributed by atoms with Crippen LogP contribution in [0.2, 0.25) is 0 Å². The smallest absolute Gasteiger partial charge is 0.269 e. The van der Waals surface area contributed by atoms with Crippen LogP contribution < -0.4 is 10.7 Å². The van der Waals surface area contributed by atoms with Crippen LogP contribution in [0.4, 0.5) is 5.69 Å². The van der Waals surface area contributed by atoms with Crippen molar-refractivity contribution in [2.45, 2.75) is 32.9 Å². The fraction of sp³-hybridized carbons (Fsp3) is 0.185. The molecule has 2 N–H and O–H groups in total. The minimum absolute atomic E-state index is 0.138. The first-order valence-electron chi connectivity index (χ1n) is 11.3. The Morgan fingerprint density at radius 3 is 2.36 bits per heavy atom. The molecule has 0 aliphatic carbocycles. The van der Waals surface area contributed by atoms with Gasteiger partial charge in [-0.05, 0) is 67.5 Å². The summed E-state index contributed by atoms with van der Waals surface area (Å²) in [6, 6.07) is 21.0. The van der Waals surface area contributed by atoms with E-state index < -0.39 is 11.9 Å². The van der Waals surface area contributed by atoms with Gasteiger partial charge in [-0.1, -0.05) is 64.0 Å². The van der Waals surface area contributed by atoms with Gasteiger partial charge in [0.25, 0.3) is 11.8 Å². The number of rotatable bonds is 7. The zero-order valence-electron chi connectivity index (χ0n) is 19.8. The Hall–Kier alpha value is -3.56. The fourth-order valence-electron chi connectivity index (χ4n) is 3.97. The number of hydrogen-bond donors (Lipinski definition) is 2. The van der Waals surface area contributed by atoms with Gasteiger partial charge in [0, 0.05) is 15.7 Å². The molecule has 9 heteroatoms. The quantitative estimate of drug-likeness (QED) is 0.405. The molecule has 0 radical (unpaired) electrons. The minimum atomic E-state index is -0.980. The number of nitrogens with zero attached hydrogens (tertiary/aromatic N) is 2. The normalized spacial score (nSPS) is 15.2. The van der Waals surface area contributed by atoms with E-state index >= 15 is 0 Å².